The fraction of sp³-hybridized carbons (Fsp3) is 0.429. The molecule has 2 fully saturated rings. The van der Waals surface area contributed by atoms with Crippen LogP contribution in [0.4, 0.5) is 0 Å². The second-order valence-electron chi connectivity index (χ2n) is 7.45. The summed E-state index contributed by atoms with van der Waals surface area (Å²) in [5.74, 6) is 0.0986. The zero-order valence-electron chi connectivity index (χ0n) is 15.2. The lowest BCUT2D eigenvalue weighted by molar-refractivity contribution is -0.160. The molecule has 0 radical (unpaired) electrons. The number of nitrogens with zero attached hydrogens (tertiary/aromatic N) is 2. The number of carbonyl (C=O) groups excluding carboxylic acids is 2. The Morgan fingerprint density at radius 2 is 1.81 bits per heavy atom. The van der Waals surface area contributed by atoms with E-state index in [-0.39, 0.29) is 11.8 Å². The van der Waals surface area contributed by atoms with E-state index in [1.165, 1.54) is 5.39 Å². The van der Waals surface area contributed by atoms with Gasteiger partial charge >= 0.3 is 0 Å². The maximum Gasteiger partial charge on any atom is 0.246 e. The number of fused-ring (bicyclic) bond motifs is 1. The molecule has 2 heterocycles. The van der Waals surface area contributed by atoms with Gasteiger partial charge in [0.25, 0.3) is 0 Å². The van der Waals surface area contributed by atoms with Crippen LogP contribution < -0.4 is 5.32 Å². The highest BCUT2D eigenvalue weighted by Crippen LogP contribution is 2.33. The quantitative estimate of drug-likeness (QED) is 0.859. The summed E-state index contributed by atoms with van der Waals surface area (Å²) in [7, 11) is 2.07. The van der Waals surface area contributed by atoms with Gasteiger partial charge in [-0.05, 0) is 36.2 Å². The van der Waals surface area contributed by atoms with Crippen molar-refractivity contribution in [1.82, 2.24) is 15.1 Å². The van der Waals surface area contributed by atoms with E-state index in [0.717, 1.165) is 24.0 Å². The Kier molecular flexibility index (Phi) is 4.41. The van der Waals surface area contributed by atoms with Crippen LogP contribution in [0.5, 0.6) is 0 Å². The lowest BCUT2D eigenvalue weighted by Gasteiger charge is -2.50. The second kappa shape index (κ2) is 6.72. The molecule has 2 aliphatic heterocycles. The van der Waals surface area contributed by atoms with Gasteiger partial charge < -0.3 is 15.1 Å². The van der Waals surface area contributed by atoms with Gasteiger partial charge in [0.2, 0.25) is 11.8 Å². The predicted molar refractivity (Wildman–Crippen MR) is 102 cm³/mol. The number of piperidine rings is 1. The van der Waals surface area contributed by atoms with Gasteiger partial charge in [-0.3, -0.25) is 9.59 Å². The van der Waals surface area contributed by atoms with Crippen molar-refractivity contribution in [3.8, 4) is 0 Å². The van der Waals surface area contributed by atoms with Crippen molar-refractivity contribution in [2.75, 3.05) is 26.7 Å². The Morgan fingerprint density at radius 3 is 2.50 bits per heavy atom. The Morgan fingerprint density at radius 1 is 1.08 bits per heavy atom. The zero-order valence-corrected chi connectivity index (χ0v) is 15.2. The number of likely N-dealkylation sites (tertiary alicyclic amines) is 2. The topological polar surface area (TPSA) is 52.7 Å². The van der Waals surface area contributed by atoms with E-state index in [1.807, 2.05) is 18.2 Å². The molecule has 2 amide bonds. The number of rotatable bonds is 4. The maximum absolute atomic E-state index is 13.2. The minimum absolute atomic E-state index is 0.00779. The molecule has 0 saturated carbocycles. The summed E-state index contributed by atoms with van der Waals surface area (Å²) in [6, 6.07) is 14.4. The Balaban J connectivity index is 1.54. The summed E-state index contributed by atoms with van der Waals surface area (Å²) < 4.78 is 0. The monoisotopic (exact) mass is 351 g/mol. The summed E-state index contributed by atoms with van der Waals surface area (Å²) in [4.78, 5) is 29.3. The maximum atomic E-state index is 13.2. The summed E-state index contributed by atoms with van der Waals surface area (Å²) in [5, 5.41) is 5.47. The third-order valence-corrected chi connectivity index (χ3v) is 5.92. The van der Waals surface area contributed by atoms with Crippen LogP contribution in [0.15, 0.2) is 42.5 Å². The SMILES string of the molecule is CN1CCC(C(=O)NCc2cccc3ccccc23)(N2CCC2=O)CC1. The molecule has 0 aromatic heterocycles. The normalized spacial score (nSPS) is 20.0. The van der Waals surface area contributed by atoms with Crippen molar-refractivity contribution in [2.45, 2.75) is 31.3 Å². The van der Waals surface area contributed by atoms with E-state index in [1.54, 1.807) is 4.90 Å². The molecule has 26 heavy (non-hydrogen) atoms. The van der Waals surface area contributed by atoms with Gasteiger partial charge in [0, 0.05) is 32.6 Å². The highest BCUT2D eigenvalue weighted by Gasteiger charge is 2.50. The van der Waals surface area contributed by atoms with Crippen LogP contribution >= 0.6 is 0 Å². The van der Waals surface area contributed by atoms with Crippen LogP contribution in [-0.4, -0.2) is 53.8 Å². The van der Waals surface area contributed by atoms with Gasteiger partial charge in [-0.2, -0.15) is 0 Å². The van der Waals surface area contributed by atoms with E-state index in [9.17, 15) is 9.59 Å². The average Bonchev–Trinajstić information content (AvgIpc) is 2.66. The van der Waals surface area contributed by atoms with E-state index >= 15 is 0 Å². The van der Waals surface area contributed by atoms with Crippen LogP contribution in [0.1, 0.15) is 24.8 Å². The Hall–Kier alpha value is -2.40. The second-order valence-corrected chi connectivity index (χ2v) is 7.45. The van der Waals surface area contributed by atoms with Crippen molar-refractivity contribution < 1.29 is 9.59 Å². The molecule has 0 atom stereocenters. The molecule has 136 valence electrons. The van der Waals surface area contributed by atoms with E-state index < -0.39 is 5.54 Å². The lowest BCUT2D eigenvalue weighted by atomic mass is 9.82. The van der Waals surface area contributed by atoms with Crippen molar-refractivity contribution in [2.24, 2.45) is 0 Å². The Labute approximate surface area is 154 Å². The van der Waals surface area contributed by atoms with Crippen LogP contribution in [0.2, 0.25) is 0 Å². The smallest absolute Gasteiger partial charge is 0.246 e. The first-order valence-corrected chi connectivity index (χ1v) is 9.34. The molecule has 0 spiro atoms. The first-order chi connectivity index (χ1) is 12.6. The van der Waals surface area contributed by atoms with E-state index in [0.29, 0.717) is 32.4 Å². The molecule has 4 rings (SSSR count). The number of benzene rings is 2. The minimum atomic E-state index is -0.674. The zero-order chi connectivity index (χ0) is 18.1. The van der Waals surface area contributed by atoms with Gasteiger partial charge in [-0.25, -0.2) is 0 Å². The molecule has 0 aliphatic carbocycles. The third-order valence-electron chi connectivity index (χ3n) is 5.92. The summed E-state index contributed by atoms with van der Waals surface area (Å²) in [6.07, 6.45) is 1.97. The van der Waals surface area contributed by atoms with Crippen molar-refractivity contribution in [3.05, 3.63) is 48.0 Å². The van der Waals surface area contributed by atoms with E-state index in [2.05, 4.69) is 41.5 Å². The van der Waals surface area contributed by atoms with Crippen molar-refractivity contribution in [3.63, 3.8) is 0 Å². The van der Waals surface area contributed by atoms with Gasteiger partial charge in [0.15, 0.2) is 0 Å². The number of hydrogen-bond acceptors (Lipinski definition) is 3. The van der Waals surface area contributed by atoms with Gasteiger partial charge in [0.05, 0.1) is 0 Å². The minimum Gasteiger partial charge on any atom is -0.350 e. The van der Waals surface area contributed by atoms with Gasteiger partial charge in [0.1, 0.15) is 5.54 Å². The number of nitrogens with one attached hydrogen (secondary N) is 1. The molecular weight excluding hydrogens is 326 g/mol. The molecule has 5 heteroatoms. The molecule has 0 bridgehead atoms. The highest BCUT2D eigenvalue weighted by molar-refractivity contribution is 5.94. The summed E-state index contributed by atoms with van der Waals surface area (Å²) >= 11 is 0. The lowest BCUT2D eigenvalue weighted by Crippen LogP contribution is -2.68. The van der Waals surface area contributed by atoms with E-state index in [4.69, 9.17) is 0 Å². The standard InChI is InChI=1S/C21H25N3O2/c1-23-13-10-21(11-14-23,24-12-9-19(24)25)20(26)22-15-17-7-4-6-16-5-2-3-8-18(16)17/h2-8H,9-15H2,1H3,(H,22,26). The summed E-state index contributed by atoms with van der Waals surface area (Å²) in [5.41, 5.74) is 0.432. The first-order valence-electron chi connectivity index (χ1n) is 9.34. The highest BCUT2D eigenvalue weighted by atomic mass is 16.2. The first kappa shape index (κ1) is 17.0. The molecule has 5 nitrogen and oxygen atoms in total. The van der Waals surface area contributed by atoms with Gasteiger partial charge in [-0.15, -0.1) is 0 Å². The van der Waals surface area contributed by atoms with Gasteiger partial charge in [-0.1, -0.05) is 42.5 Å². The van der Waals surface area contributed by atoms with Crippen molar-refractivity contribution >= 4 is 22.6 Å². The van der Waals surface area contributed by atoms with Crippen LogP contribution in [0.25, 0.3) is 10.8 Å². The molecule has 2 aromatic rings. The number of carbonyl (C=O) groups is 2. The van der Waals surface area contributed by atoms with Crippen molar-refractivity contribution in [1.29, 1.82) is 0 Å². The molecule has 0 unspecified atom stereocenters. The third kappa shape index (κ3) is 2.86. The molecular formula is C21H25N3O2. The molecule has 1 N–H and O–H groups in total. The molecule has 2 saturated heterocycles. The Bertz CT molecular complexity index is 835. The number of hydrogen-bond donors (Lipinski definition) is 1. The molecule has 2 aromatic carbocycles. The largest absolute Gasteiger partial charge is 0.350 e. The van der Waals surface area contributed by atoms with Crippen LogP contribution in [-0.2, 0) is 16.1 Å². The summed E-state index contributed by atoms with van der Waals surface area (Å²) in [6.45, 7) is 2.86. The number of amides is 2. The number of β-lactam (4-membered cyclic amide) rings is 1. The fourth-order valence-corrected chi connectivity index (χ4v) is 4.16. The molecule has 2 aliphatic rings. The van der Waals surface area contributed by atoms with Crippen LogP contribution in [0, 0.1) is 0 Å². The average molecular weight is 351 g/mol. The predicted octanol–water partition coefficient (Wildman–Crippen LogP) is 2.15. The fourth-order valence-electron chi connectivity index (χ4n) is 4.16. The van der Waals surface area contributed by atoms with Crippen LogP contribution in [0.3, 0.4) is 0 Å².